The second-order valence-corrected chi connectivity index (χ2v) is 6.29. The molecule has 2 aliphatic rings. The van der Waals surface area contributed by atoms with Crippen molar-refractivity contribution in [2.75, 3.05) is 7.11 Å². The van der Waals surface area contributed by atoms with Gasteiger partial charge in [0.1, 0.15) is 0 Å². The average molecular weight is 285 g/mol. The van der Waals surface area contributed by atoms with Gasteiger partial charge in [0, 0.05) is 0 Å². The van der Waals surface area contributed by atoms with Crippen LogP contribution in [0.4, 0.5) is 0 Å². The lowest BCUT2D eigenvalue weighted by Crippen LogP contribution is -2.20. The van der Waals surface area contributed by atoms with Crippen molar-refractivity contribution in [2.45, 2.75) is 62.9 Å². The Morgan fingerprint density at radius 1 is 1.10 bits per heavy atom. The first kappa shape index (κ1) is 14.3. The SMILES string of the molecule is COc1ccc(C2(C#N)CCCC2)cc1OC1CCCC1. The minimum atomic E-state index is -0.319. The number of methoxy groups -OCH3 is 1. The van der Waals surface area contributed by atoms with E-state index in [1.165, 1.54) is 12.8 Å². The summed E-state index contributed by atoms with van der Waals surface area (Å²) in [6, 6.07) is 8.59. The lowest BCUT2D eigenvalue weighted by atomic mass is 9.80. The maximum atomic E-state index is 9.65. The van der Waals surface area contributed by atoms with E-state index in [1.807, 2.05) is 18.2 Å². The molecule has 1 aromatic rings. The number of nitriles is 1. The van der Waals surface area contributed by atoms with Crippen molar-refractivity contribution in [1.82, 2.24) is 0 Å². The second kappa shape index (κ2) is 5.97. The van der Waals surface area contributed by atoms with Gasteiger partial charge in [0.25, 0.3) is 0 Å². The Morgan fingerprint density at radius 2 is 1.81 bits per heavy atom. The fourth-order valence-electron chi connectivity index (χ4n) is 3.70. The van der Waals surface area contributed by atoms with Crippen LogP contribution in [0.5, 0.6) is 11.5 Å². The summed E-state index contributed by atoms with van der Waals surface area (Å²) in [5, 5.41) is 9.65. The van der Waals surface area contributed by atoms with Crippen molar-refractivity contribution >= 4 is 0 Å². The van der Waals surface area contributed by atoms with Crippen LogP contribution in [0.2, 0.25) is 0 Å². The fourth-order valence-corrected chi connectivity index (χ4v) is 3.70. The molecule has 112 valence electrons. The van der Waals surface area contributed by atoms with E-state index >= 15 is 0 Å². The monoisotopic (exact) mass is 285 g/mol. The molecule has 1 aromatic carbocycles. The Morgan fingerprint density at radius 3 is 2.43 bits per heavy atom. The molecule has 2 aliphatic carbocycles. The highest BCUT2D eigenvalue weighted by atomic mass is 16.5. The minimum Gasteiger partial charge on any atom is -0.493 e. The zero-order valence-electron chi connectivity index (χ0n) is 12.7. The summed E-state index contributed by atoms with van der Waals surface area (Å²) in [6.45, 7) is 0. The summed E-state index contributed by atoms with van der Waals surface area (Å²) >= 11 is 0. The molecule has 0 spiro atoms. The van der Waals surface area contributed by atoms with E-state index in [-0.39, 0.29) is 5.41 Å². The van der Waals surface area contributed by atoms with Crippen LogP contribution >= 0.6 is 0 Å². The normalized spacial score (nSPS) is 21.1. The smallest absolute Gasteiger partial charge is 0.161 e. The summed E-state index contributed by atoms with van der Waals surface area (Å²) in [4.78, 5) is 0. The number of hydrogen-bond acceptors (Lipinski definition) is 3. The van der Waals surface area contributed by atoms with Crippen LogP contribution in [0.1, 0.15) is 56.9 Å². The van der Waals surface area contributed by atoms with Gasteiger partial charge < -0.3 is 9.47 Å². The summed E-state index contributed by atoms with van der Waals surface area (Å²) in [7, 11) is 1.67. The van der Waals surface area contributed by atoms with Crippen molar-refractivity contribution in [3.63, 3.8) is 0 Å². The van der Waals surface area contributed by atoms with Crippen molar-refractivity contribution in [2.24, 2.45) is 0 Å². The lowest BCUT2D eigenvalue weighted by molar-refractivity contribution is 0.200. The van der Waals surface area contributed by atoms with Crippen LogP contribution < -0.4 is 9.47 Å². The van der Waals surface area contributed by atoms with Crippen molar-refractivity contribution < 1.29 is 9.47 Å². The summed E-state index contributed by atoms with van der Waals surface area (Å²) in [6.07, 6.45) is 9.22. The summed E-state index contributed by atoms with van der Waals surface area (Å²) in [5.41, 5.74) is 0.774. The fraction of sp³-hybridized carbons (Fsp3) is 0.611. The number of rotatable bonds is 4. The molecule has 0 radical (unpaired) electrons. The highest BCUT2D eigenvalue weighted by molar-refractivity contribution is 5.47. The van der Waals surface area contributed by atoms with Crippen LogP contribution in [0.25, 0.3) is 0 Å². The average Bonchev–Trinajstić information content (AvgIpc) is 3.19. The highest BCUT2D eigenvalue weighted by Gasteiger charge is 2.36. The van der Waals surface area contributed by atoms with E-state index in [9.17, 15) is 5.26 Å². The first-order chi connectivity index (χ1) is 10.3. The molecule has 0 saturated heterocycles. The van der Waals surface area contributed by atoms with Crippen LogP contribution in [-0.4, -0.2) is 13.2 Å². The molecule has 3 nitrogen and oxygen atoms in total. The predicted octanol–water partition coefficient (Wildman–Crippen LogP) is 4.35. The molecular formula is C18H23NO2. The van der Waals surface area contributed by atoms with Gasteiger partial charge in [-0.15, -0.1) is 0 Å². The Balaban J connectivity index is 1.90. The molecule has 0 heterocycles. The number of benzene rings is 1. The van der Waals surface area contributed by atoms with Gasteiger partial charge in [0.05, 0.1) is 24.7 Å². The molecule has 3 rings (SSSR count). The molecule has 0 bridgehead atoms. The molecule has 2 saturated carbocycles. The van der Waals surface area contributed by atoms with E-state index in [0.717, 1.165) is 55.6 Å². The molecule has 0 N–H and O–H groups in total. The van der Waals surface area contributed by atoms with E-state index in [1.54, 1.807) is 7.11 Å². The molecule has 0 aliphatic heterocycles. The summed E-state index contributed by atoms with van der Waals surface area (Å²) in [5.74, 6) is 1.58. The Hall–Kier alpha value is -1.69. The predicted molar refractivity (Wildman–Crippen MR) is 81.6 cm³/mol. The second-order valence-electron chi connectivity index (χ2n) is 6.29. The molecule has 3 heteroatoms. The third-order valence-corrected chi connectivity index (χ3v) is 4.98. The van der Waals surface area contributed by atoms with Crippen LogP contribution in [0.3, 0.4) is 0 Å². The van der Waals surface area contributed by atoms with Crippen molar-refractivity contribution in [3.8, 4) is 17.6 Å². The zero-order valence-corrected chi connectivity index (χ0v) is 12.7. The third-order valence-electron chi connectivity index (χ3n) is 4.98. The maximum absolute atomic E-state index is 9.65. The third kappa shape index (κ3) is 2.72. The van der Waals surface area contributed by atoms with E-state index in [2.05, 4.69) is 6.07 Å². The Bertz CT molecular complexity index is 535. The molecule has 0 aromatic heterocycles. The Kier molecular flexibility index (Phi) is 4.05. The van der Waals surface area contributed by atoms with Gasteiger partial charge in [0.15, 0.2) is 11.5 Å². The summed E-state index contributed by atoms with van der Waals surface area (Å²) < 4.78 is 11.6. The van der Waals surface area contributed by atoms with Gasteiger partial charge in [-0.1, -0.05) is 18.9 Å². The maximum Gasteiger partial charge on any atom is 0.161 e. The standard InChI is InChI=1S/C18H23NO2/c1-20-16-9-8-14(18(13-19)10-4-5-11-18)12-17(16)21-15-6-2-3-7-15/h8-9,12,15H,2-7,10-11H2,1H3. The number of nitrogens with zero attached hydrogens (tertiary/aromatic N) is 1. The van der Waals surface area contributed by atoms with Crippen LogP contribution in [0.15, 0.2) is 18.2 Å². The topological polar surface area (TPSA) is 42.2 Å². The number of ether oxygens (including phenoxy) is 2. The molecule has 2 fully saturated rings. The van der Waals surface area contributed by atoms with E-state index < -0.39 is 0 Å². The number of hydrogen-bond donors (Lipinski definition) is 0. The van der Waals surface area contributed by atoms with Gasteiger partial charge in [-0.2, -0.15) is 5.26 Å². The van der Waals surface area contributed by atoms with Gasteiger partial charge in [0.2, 0.25) is 0 Å². The minimum absolute atomic E-state index is 0.302. The zero-order chi connectivity index (χ0) is 14.7. The van der Waals surface area contributed by atoms with Gasteiger partial charge in [-0.05, 0) is 56.2 Å². The highest BCUT2D eigenvalue weighted by Crippen LogP contribution is 2.43. The Labute approximate surface area is 126 Å². The van der Waals surface area contributed by atoms with Gasteiger partial charge in [-0.3, -0.25) is 0 Å². The van der Waals surface area contributed by atoms with Crippen LogP contribution in [0, 0.1) is 11.3 Å². The first-order valence-electron chi connectivity index (χ1n) is 8.04. The van der Waals surface area contributed by atoms with Gasteiger partial charge in [-0.25, -0.2) is 0 Å². The van der Waals surface area contributed by atoms with Crippen LogP contribution in [-0.2, 0) is 5.41 Å². The largest absolute Gasteiger partial charge is 0.493 e. The molecule has 0 unspecified atom stereocenters. The molecule has 0 atom stereocenters. The van der Waals surface area contributed by atoms with Gasteiger partial charge >= 0.3 is 0 Å². The van der Waals surface area contributed by atoms with Crippen molar-refractivity contribution in [1.29, 1.82) is 5.26 Å². The first-order valence-corrected chi connectivity index (χ1v) is 8.04. The molecule has 0 amide bonds. The van der Waals surface area contributed by atoms with E-state index in [0.29, 0.717) is 6.10 Å². The molecule has 21 heavy (non-hydrogen) atoms. The quantitative estimate of drug-likeness (QED) is 0.825. The molecular weight excluding hydrogens is 262 g/mol. The van der Waals surface area contributed by atoms with E-state index in [4.69, 9.17) is 9.47 Å². The van der Waals surface area contributed by atoms with Crippen molar-refractivity contribution in [3.05, 3.63) is 23.8 Å². The lowest BCUT2D eigenvalue weighted by Gasteiger charge is -2.23.